The lowest BCUT2D eigenvalue weighted by Crippen LogP contribution is -2.33. The maximum Gasteiger partial charge on any atom is 0.342 e. The standard InChI is InChI=1S/C24H25N3O3/c1-16-22(17(2)27(26-16)20-11-7-4-8-12-20)24(29)30-15-21(28)25-23(19-13-14-19)18-9-5-3-6-10-18/h3-12,19,23H,13-15H2,1-2H3,(H,25,28). The number of hydrogen-bond acceptors (Lipinski definition) is 4. The summed E-state index contributed by atoms with van der Waals surface area (Å²) in [5, 5.41) is 7.49. The van der Waals surface area contributed by atoms with Gasteiger partial charge < -0.3 is 10.1 Å². The topological polar surface area (TPSA) is 73.2 Å². The number of nitrogens with one attached hydrogen (secondary N) is 1. The van der Waals surface area contributed by atoms with Crippen LogP contribution in [0.1, 0.15) is 46.2 Å². The summed E-state index contributed by atoms with van der Waals surface area (Å²) in [5.41, 5.74) is 3.60. The number of carbonyl (C=O) groups is 2. The number of benzene rings is 2. The fourth-order valence-electron chi connectivity index (χ4n) is 3.74. The molecule has 3 aromatic rings. The van der Waals surface area contributed by atoms with Crippen LogP contribution in [0.25, 0.3) is 5.69 Å². The molecule has 0 radical (unpaired) electrons. The van der Waals surface area contributed by atoms with E-state index in [0.717, 1.165) is 24.1 Å². The normalized spacial score (nSPS) is 14.2. The van der Waals surface area contributed by atoms with Crippen LogP contribution in [0.3, 0.4) is 0 Å². The van der Waals surface area contributed by atoms with E-state index in [4.69, 9.17) is 4.74 Å². The average molecular weight is 403 g/mol. The van der Waals surface area contributed by atoms with Crippen LogP contribution in [0, 0.1) is 19.8 Å². The SMILES string of the molecule is Cc1nn(-c2ccccc2)c(C)c1C(=O)OCC(=O)NC(c1ccccc1)C1CC1. The van der Waals surface area contributed by atoms with Crippen molar-refractivity contribution in [3.05, 3.63) is 83.2 Å². The second-order valence-electron chi connectivity index (χ2n) is 7.66. The van der Waals surface area contributed by atoms with Crippen LogP contribution in [0.4, 0.5) is 0 Å². The number of hydrogen-bond donors (Lipinski definition) is 1. The molecule has 0 saturated heterocycles. The van der Waals surface area contributed by atoms with Crippen molar-refractivity contribution in [1.29, 1.82) is 0 Å². The summed E-state index contributed by atoms with van der Waals surface area (Å²) in [5.74, 6) is -0.388. The molecule has 1 unspecified atom stereocenters. The molecule has 6 nitrogen and oxygen atoms in total. The number of nitrogens with zero attached hydrogens (tertiary/aromatic N) is 2. The van der Waals surface area contributed by atoms with E-state index < -0.39 is 5.97 Å². The van der Waals surface area contributed by atoms with Gasteiger partial charge in [-0.3, -0.25) is 4.79 Å². The fourth-order valence-corrected chi connectivity index (χ4v) is 3.74. The molecule has 154 valence electrons. The smallest absolute Gasteiger partial charge is 0.342 e. The van der Waals surface area contributed by atoms with Crippen molar-refractivity contribution in [3.63, 3.8) is 0 Å². The highest BCUT2D eigenvalue weighted by atomic mass is 16.5. The van der Waals surface area contributed by atoms with Gasteiger partial charge in [0.05, 0.1) is 23.1 Å². The first-order chi connectivity index (χ1) is 14.5. The van der Waals surface area contributed by atoms with E-state index in [9.17, 15) is 9.59 Å². The summed E-state index contributed by atoms with van der Waals surface area (Å²) in [6.45, 7) is 3.27. The quantitative estimate of drug-likeness (QED) is 0.607. The van der Waals surface area contributed by atoms with Crippen LogP contribution in [0.2, 0.25) is 0 Å². The molecule has 6 heteroatoms. The Kier molecular flexibility index (Phi) is 5.65. The van der Waals surface area contributed by atoms with E-state index in [0.29, 0.717) is 22.9 Å². The van der Waals surface area contributed by atoms with Gasteiger partial charge in [0.25, 0.3) is 5.91 Å². The predicted octanol–water partition coefficient (Wildman–Crippen LogP) is 3.91. The Bertz CT molecular complexity index is 1040. The Balaban J connectivity index is 1.41. The van der Waals surface area contributed by atoms with Crippen molar-refractivity contribution in [2.24, 2.45) is 5.92 Å². The lowest BCUT2D eigenvalue weighted by atomic mass is 10.0. The number of carbonyl (C=O) groups excluding carboxylic acids is 2. The minimum Gasteiger partial charge on any atom is -0.452 e. The third kappa shape index (κ3) is 4.27. The maximum absolute atomic E-state index is 12.7. The first kappa shape index (κ1) is 19.9. The first-order valence-electron chi connectivity index (χ1n) is 10.2. The molecule has 1 fully saturated rings. The van der Waals surface area contributed by atoms with Crippen LogP contribution in [0.5, 0.6) is 0 Å². The molecular weight excluding hydrogens is 378 g/mol. The number of para-hydroxylation sites is 1. The lowest BCUT2D eigenvalue weighted by Gasteiger charge is -2.18. The van der Waals surface area contributed by atoms with Gasteiger partial charge in [0, 0.05) is 0 Å². The zero-order valence-corrected chi connectivity index (χ0v) is 17.2. The summed E-state index contributed by atoms with van der Waals surface area (Å²) >= 11 is 0. The van der Waals surface area contributed by atoms with Crippen molar-refractivity contribution in [1.82, 2.24) is 15.1 Å². The number of esters is 1. The molecule has 1 aromatic heterocycles. The van der Waals surface area contributed by atoms with Crippen LogP contribution in [0.15, 0.2) is 60.7 Å². The second-order valence-corrected chi connectivity index (χ2v) is 7.66. The third-order valence-electron chi connectivity index (χ3n) is 5.40. The van der Waals surface area contributed by atoms with E-state index in [1.807, 2.05) is 67.6 Å². The lowest BCUT2D eigenvalue weighted by molar-refractivity contribution is -0.125. The Morgan fingerprint density at radius 2 is 1.70 bits per heavy atom. The van der Waals surface area contributed by atoms with Crippen molar-refractivity contribution in [2.75, 3.05) is 6.61 Å². The highest BCUT2D eigenvalue weighted by Crippen LogP contribution is 2.40. The fraction of sp³-hybridized carbons (Fsp3) is 0.292. The number of ether oxygens (including phenoxy) is 1. The van der Waals surface area contributed by atoms with E-state index in [1.165, 1.54) is 0 Å². The van der Waals surface area contributed by atoms with E-state index in [1.54, 1.807) is 11.6 Å². The molecule has 0 spiro atoms. The van der Waals surface area contributed by atoms with Gasteiger partial charge in [-0.05, 0) is 50.3 Å². The van der Waals surface area contributed by atoms with Crippen LogP contribution in [-0.4, -0.2) is 28.3 Å². The molecule has 0 bridgehead atoms. The molecular formula is C24H25N3O3. The number of rotatable bonds is 7. The Labute approximate surface area is 175 Å². The molecule has 1 atom stereocenters. The second kappa shape index (κ2) is 8.53. The van der Waals surface area contributed by atoms with Gasteiger partial charge in [0.15, 0.2) is 6.61 Å². The third-order valence-corrected chi connectivity index (χ3v) is 5.40. The van der Waals surface area contributed by atoms with Gasteiger partial charge in [-0.1, -0.05) is 48.5 Å². The van der Waals surface area contributed by atoms with Gasteiger partial charge in [0.1, 0.15) is 5.56 Å². The van der Waals surface area contributed by atoms with Crippen LogP contribution >= 0.6 is 0 Å². The van der Waals surface area contributed by atoms with Crippen LogP contribution < -0.4 is 5.32 Å². The molecule has 1 amide bonds. The molecule has 1 N–H and O–H groups in total. The van der Waals surface area contributed by atoms with Crippen LogP contribution in [-0.2, 0) is 9.53 Å². The summed E-state index contributed by atoms with van der Waals surface area (Å²) in [6, 6.07) is 19.5. The van der Waals surface area contributed by atoms with Gasteiger partial charge in [0.2, 0.25) is 0 Å². The molecule has 1 saturated carbocycles. The van der Waals surface area contributed by atoms with Crippen molar-refractivity contribution in [3.8, 4) is 5.69 Å². The van der Waals surface area contributed by atoms with Gasteiger partial charge in [-0.25, -0.2) is 9.48 Å². The van der Waals surface area contributed by atoms with Crippen molar-refractivity contribution >= 4 is 11.9 Å². The highest BCUT2D eigenvalue weighted by Gasteiger charge is 2.33. The Morgan fingerprint density at radius 3 is 2.33 bits per heavy atom. The van der Waals surface area contributed by atoms with E-state index in [2.05, 4.69) is 10.4 Å². The molecule has 0 aliphatic heterocycles. The van der Waals surface area contributed by atoms with Gasteiger partial charge in [-0.2, -0.15) is 5.10 Å². The highest BCUT2D eigenvalue weighted by molar-refractivity contribution is 5.93. The minimum absolute atomic E-state index is 0.0401. The Morgan fingerprint density at radius 1 is 1.07 bits per heavy atom. The molecule has 1 aliphatic carbocycles. The molecule has 1 aliphatic rings. The maximum atomic E-state index is 12.7. The zero-order chi connectivity index (χ0) is 21.1. The summed E-state index contributed by atoms with van der Waals surface area (Å²) < 4.78 is 7.05. The van der Waals surface area contributed by atoms with Crippen molar-refractivity contribution < 1.29 is 14.3 Å². The van der Waals surface area contributed by atoms with Gasteiger partial charge in [-0.15, -0.1) is 0 Å². The zero-order valence-electron chi connectivity index (χ0n) is 17.2. The summed E-state index contributed by atoms with van der Waals surface area (Å²) in [4.78, 5) is 25.2. The molecule has 30 heavy (non-hydrogen) atoms. The predicted molar refractivity (Wildman–Crippen MR) is 113 cm³/mol. The number of aromatic nitrogens is 2. The van der Waals surface area contributed by atoms with Crippen molar-refractivity contribution in [2.45, 2.75) is 32.7 Å². The number of amides is 1. The molecule has 4 rings (SSSR count). The minimum atomic E-state index is -0.537. The Hall–Kier alpha value is -3.41. The summed E-state index contributed by atoms with van der Waals surface area (Å²) in [6.07, 6.45) is 2.19. The number of aryl methyl sites for hydroxylation is 1. The van der Waals surface area contributed by atoms with E-state index >= 15 is 0 Å². The first-order valence-corrected chi connectivity index (χ1v) is 10.2. The average Bonchev–Trinajstić information content (AvgIpc) is 3.56. The van der Waals surface area contributed by atoms with E-state index in [-0.39, 0.29) is 18.6 Å². The van der Waals surface area contributed by atoms with Gasteiger partial charge >= 0.3 is 5.97 Å². The monoisotopic (exact) mass is 403 g/mol. The molecule has 1 heterocycles. The largest absolute Gasteiger partial charge is 0.452 e. The molecule has 2 aromatic carbocycles. The summed E-state index contributed by atoms with van der Waals surface area (Å²) in [7, 11) is 0.